The highest BCUT2D eigenvalue weighted by molar-refractivity contribution is 5.76. The summed E-state index contributed by atoms with van der Waals surface area (Å²) in [4.78, 5) is 15.4. The number of fused-ring (bicyclic) bond motifs is 2. The molecule has 6 atom stereocenters. The van der Waals surface area contributed by atoms with Crippen molar-refractivity contribution in [2.24, 2.45) is 34.5 Å². The van der Waals surface area contributed by atoms with E-state index in [-0.39, 0.29) is 23.4 Å². The van der Waals surface area contributed by atoms with Gasteiger partial charge in [0.1, 0.15) is 6.10 Å². The largest absolute Gasteiger partial charge is 0.461 e. The predicted molar refractivity (Wildman–Crippen MR) is 109 cm³/mol. The second kappa shape index (κ2) is 6.90. The van der Waals surface area contributed by atoms with Gasteiger partial charge in [0, 0.05) is 19.0 Å². The van der Waals surface area contributed by atoms with Crippen LogP contribution in [0.5, 0.6) is 0 Å². The zero-order valence-corrected chi connectivity index (χ0v) is 18.1. The molecule has 0 aromatic heterocycles. The first-order valence-electron chi connectivity index (χ1n) is 11.3. The fourth-order valence-corrected chi connectivity index (χ4v) is 6.89. The molecule has 4 rings (SSSR count). The van der Waals surface area contributed by atoms with Gasteiger partial charge in [-0.25, -0.2) is 0 Å². The number of allylic oxidation sites excluding steroid dienone is 1. The minimum Gasteiger partial charge on any atom is -0.461 e. The Hall–Kier alpha value is -0.830. The van der Waals surface area contributed by atoms with Gasteiger partial charge in [0.2, 0.25) is 0 Å². The summed E-state index contributed by atoms with van der Waals surface area (Å²) in [6, 6.07) is 0. The quantitative estimate of drug-likeness (QED) is 0.500. The fraction of sp³-hybridized carbons (Fsp3) is 0.875. The van der Waals surface area contributed by atoms with E-state index in [2.05, 4.69) is 45.6 Å². The van der Waals surface area contributed by atoms with Gasteiger partial charge >= 0.3 is 5.97 Å². The molecule has 2 aliphatic heterocycles. The third-order valence-corrected chi connectivity index (χ3v) is 8.03. The minimum atomic E-state index is 0.0328. The molecular weight excluding hydrogens is 334 g/mol. The lowest BCUT2D eigenvalue weighted by Gasteiger charge is -2.46. The van der Waals surface area contributed by atoms with Crippen LogP contribution in [-0.4, -0.2) is 36.6 Å². The molecule has 0 spiro atoms. The second-order valence-corrected chi connectivity index (χ2v) is 11.3. The number of carbonyl (C=O) groups is 1. The topological polar surface area (TPSA) is 29.5 Å². The third-order valence-electron chi connectivity index (χ3n) is 8.03. The van der Waals surface area contributed by atoms with E-state index in [4.69, 9.17) is 4.74 Å². The average Bonchev–Trinajstić information content (AvgIpc) is 2.76. The predicted octanol–water partition coefficient (Wildman–Crippen LogP) is 5.06. The molecule has 3 nitrogen and oxygen atoms in total. The number of likely N-dealkylation sites (tertiary alicyclic amines) is 1. The van der Waals surface area contributed by atoms with E-state index >= 15 is 0 Å². The Labute approximate surface area is 165 Å². The van der Waals surface area contributed by atoms with E-state index in [0.29, 0.717) is 17.3 Å². The van der Waals surface area contributed by atoms with Gasteiger partial charge in [-0.1, -0.05) is 52.7 Å². The van der Waals surface area contributed by atoms with Crippen molar-refractivity contribution in [3.05, 3.63) is 11.6 Å². The van der Waals surface area contributed by atoms with Crippen molar-refractivity contribution < 1.29 is 9.53 Å². The highest BCUT2D eigenvalue weighted by Gasteiger charge is 2.52. The van der Waals surface area contributed by atoms with Gasteiger partial charge in [-0.2, -0.15) is 0 Å². The molecule has 3 fully saturated rings. The molecule has 0 aromatic rings. The van der Waals surface area contributed by atoms with E-state index in [0.717, 1.165) is 32.0 Å². The van der Waals surface area contributed by atoms with Gasteiger partial charge in [-0.05, 0) is 61.3 Å². The zero-order valence-electron chi connectivity index (χ0n) is 18.1. The number of esters is 1. The van der Waals surface area contributed by atoms with Crippen molar-refractivity contribution in [2.45, 2.75) is 79.2 Å². The molecule has 3 heteroatoms. The average molecular weight is 374 g/mol. The molecular formula is C24H39NO2. The van der Waals surface area contributed by atoms with Gasteiger partial charge in [0.15, 0.2) is 0 Å². The highest BCUT2D eigenvalue weighted by Crippen LogP contribution is 2.54. The van der Waals surface area contributed by atoms with Crippen LogP contribution < -0.4 is 0 Å². The lowest BCUT2D eigenvalue weighted by Crippen LogP contribution is -2.42. The van der Waals surface area contributed by atoms with Crippen molar-refractivity contribution in [2.75, 3.05) is 19.6 Å². The Morgan fingerprint density at radius 1 is 1.19 bits per heavy atom. The smallest absolute Gasteiger partial charge is 0.311 e. The molecule has 27 heavy (non-hydrogen) atoms. The maximum Gasteiger partial charge on any atom is 0.311 e. The molecule has 1 saturated carbocycles. The zero-order chi connectivity index (χ0) is 19.4. The van der Waals surface area contributed by atoms with E-state index in [1.165, 1.54) is 32.1 Å². The molecule has 0 radical (unpaired) electrons. The van der Waals surface area contributed by atoms with Crippen LogP contribution in [0.4, 0.5) is 0 Å². The van der Waals surface area contributed by atoms with Crippen LogP contribution in [0, 0.1) is 34.5 Å². The van der Waals surface area contributed by atoms with Gasteiger partial charge in [-0.15, -0.1) is 0 Å². The van der Waals surface area contributed by atoms with Crippen LogP contribution in [0.1, 0.15) is 73.1 Å². The van der Waals surface area contributed by atoms with Crippen LogP contribution in [0.15, 0.2) is 11.6 Å². The summed E-state index contributed by atoms with van der Waals surface area (Å²) in [5.41, 5.74) is 2.22. The molecule has 0 N–H and O–H groups in total. The highest BCUT2D eigenvalue weighted by atomic mass is 16.6. The van der Waals surface area contributed by atoms with Gasteiger partial charge in [0.25, 0.3) is 0 Å². The summed E-state index contributed by atoms with van der Waals surface area (Å²) in [5, 5.41) is 0. The fourth-order valence-electron chi connectivity index (χ4n) is 6.89. The van der Waals surface area contributed by atoms with Crippen molar-refractivity contribution in [1.82, 2.24) is 4.90 Å². The molecule has 2 saturated heterocycles. The molecule has 0 bridgehead atoms. The first kappa shape index (κ1) is 19.5. The number of nitrogens with zero attached hydrogens (tertiary/aromatic N) is 1. The first-order chi connectivity index (χ1) is 12.7. The maximum atomic E-state index is 12.8. The summed E-state index contributed by atoms with van der Waals surface area (Å²) in [6.45, 7) is 15.0. The number of hydrogen-bond acceptors (Lipinski definition) is 3. The van der Waals surface area contributed by atoms with E-state index in [1.807, 2.05) is 0 Å². The summed E-state index contributed by atoms with van der Waals surface area (Å²) in [6.07, 6.45) is 10.0. The number of rotatable bonds is 2. The Morgan fingerprint density at radius 2 is 1.96 bits per heavy atom. The van der Waals surface area contributed by atoms with Gasteiger partial charge < -0.3 is 9.64 Å². The number of hydrogen-bond donors (Lipinski definition) is 0. The van der Waals surface area contributed by atoms with Crippen molar-refractivity contribution in [3.63, 3.8) is 0 Å². The van der Waals surface area contributed by atoms with Crippen molar-refractivity contribution in [1.29, 1.82) is 0 Å². The Morgan fingerprint density at radius 3 is 2.74 bits per heavy atom. The lowest BCUT2D eigenvalue weighted by molar-refractivity contribution is -0.145. The van der Waals surface area contributed by atoms with Crippen LogP contribution >= 0.6 is 0 Å². The first-order valence-corrected chi connectivity index (χ1v) is 11.3. The Balaban J connectivity index is 1.54. The summed E-state index contributed by atoms with van der Waals surface area (Å²) in [5.74, 6) is 1.83. The van der Waals surface area contributed by atoms with Crippen molar-refractivity contribution in [3.8, 4) is 0 Å². The molecule has 0 unspecified atom stereocenters. The monoisotopic (exact) mass is 373 g/mol. The minimum absolute atomic E-state index is 0.0328. The van der Waals surface area contributed by atoms with Gasteiger partial charge in [-0.3, -0.25) is 4.79 Å². The second-order valence-electron chi connectivity index (χ2n) is 11.3. The molecule has 2 aliphatic carbocycles. The molecule has 0 aromatic carbocycles. The van der Waals surface area contributed by atoms with E-state index in [1.54, 1.807) is 5.57 Å². The van der Waals surface area contributed by atoms with Crippen LogP contribution in [0.2, 0.25) is 0 Å². The summed E-state index contributed by atoms with van der Waals surface area (Å²) in [7, 11) is 0. The standard InChI is InChI=1S/C24H39NO2/c1-16-8-10-25(15-23(3,4)12-16)14-19-18-11-20-17(2)7-6-9-24(20,5)13-21(18)27-22(19)26/h11,16-19,21H,6-10,12-15H2,1-5H3/t16-,17-,18+,19+,21+,24+/m0/s1. The lowest BCUT2D eigenvalue weighted by atomic mass is 9.59. The number of carbonyl (C=O) groups excluding carboxylic acids is 1. The molecule has 152 valence electrons. The molecule has 4 aliphatic rings. The Kier molecular flexibility index (Phi) is 4.98. The van der Waals surface area contributed by atoms with Crippen LogP contribution in [-0.2, 0) is 9.53 Å². The molecule has 2 heterocycles. The normalized spacial score (nSPS) is 44.7. The Bertz CT molecular complexity index is 624. The van der Waals surface area contributed by atoms with Crippen LogP contribution in [0.3, 0.4) is 0 Å². The maximum absolute atomic E-state index is 12.8. The SMILES string of the molecule is C[C@H]1CCN(C[C@H]2C(=O)O[C@@H]3C[C@@]4(C)CCC[C@H](C)C4=C[C@@H]32)CC(C)(C)C1. The molecule has 0 amide bonds. The summed E-state index contributed by atoms with van der Waals surface area (Å²) >= 11 is 0. The van der Waals surface area contributed by atoms with Crippen LogP contribution in [0.25, 0.3) is 0 Å². The van der Waals surface area contributed by atoms with Crippen molar-refractivity contribution >= 4 is 5.97 Å². The number of ether oxygens (including phenoxy) is 1. The van der Waals surface area contributed by atoms with E-state index in [9.17, 15) is 4.79 Å². The van der Waals surface area contributed by atoms with Gasteiger partial charge in [0.05, 0.1) is 5.92 Å². The van der Waals surface area contributed by atoms with E-state index < -0.39 is 0 Å². The summed E-state index contributed by atoms with van der Waals surface area (Å²) < 4.78 is 5.96. The third kappa shape index (κ3) is 3.73.